The Bertz CT molecular complexity index is 997. The number of piperidine rings is 1. The zero-order valence-electron chi connectivity index (χ0n) is 17.8. The van der Waals surface area contributed by atoms with Crippen molar-refractivity contribution in [2.24, 2.45) is 5.92 Å². The van der Waals surface area contributed by atoms with Crippen molar-refractivity contribution in [1.82, 2.24) is 10.2 Å². The van der Waals surface area contributed by atoms with Gasteiger partial charge < -0.3 is 14.6 Å². The number of likely N-dealkylation sites (tertiary alicyclic amines) is 1. The highest BCUT2D eigenvalue weighted by atomic mass is 16.3. The molecule has 160 valence electrons. The fourth-order valence-corrected chi connectivity index (χ4v) is 4.22. The minimum Gasteiger partial charge on any atom is -0.472 e. The van der Waals surface area contributed by atoms with Gasteiger partial charge in [-0.1, -0.05) is 61.5 Å². The van der Waals surface area contributed by atoms with Crippen LogP contribution in [0.5, 0.6) is 0 Å². The van der Waals surface area contributed by atoms with Crippen LogP contribution in [0, 0.1) is 5.92 Å². The van der Waals surface area contributed by atoms with Crippen LogP contribution in [-0.4, -0.2) is 29.8 Å². The lowest BCUT2D eigenvalue weighted by Crippen LogP contribution is -2.47. The monoisotopic (exact) mass is 416 g/mol. The van der Waals surface area contributed by atoms with E-state index in [-0.39, 0.29) is 23.7 Å². The molecule has 2 heterocycles. The molecular weight excluding hydrogens is 388 g/mol. The molecule has 0 radical (unpaired) electrons. The highest BCUT2D eigenvalue weighted by Crippen LogP contribution is 2.31. The maximum atomic E-state index is 13.0. The number of carbonyl (C=O) groups is 2. The molecule has 1 aliphatic rings. The van der Waals surface area contributed by atoms with Crippen molar-refractivity contribution >= 4 is 11.8 Å². The van der Waals surface area contributed by atoms with Gasteiger partial charge in [-0.15, -0.1) is 0 Å². The molecule has 31 heavy (non-hydrogen) atoms. The summed E-state index contributed by atoms with van der Waals surface area (Å²) in [5.41, 5.74) is 4.03. The van der Waals surface area contributed by atoms with Gasteiger partial charge in [-0.25, -0.2) is 0 Å². The highest BCUT2D eigenvalue weighted by Gasteiger charge is 2.35. The van der Waals surface area contributed by atoms with Gasteiger partial charge in [-0.05, 0) is 35.6 Å². The fraction of sp³-hybridized carbons (Fsp3) is 0.308. The van der Waals surface area contributed by atoms with Crippen LogP contribution in [0.2, 0.25) is 0 Å². The third-order valence-corrected chi connectivity index (χ3v) is 6.05. The van der Waals surface area contributed by atoms with Crippen molar-refractivity contribution < 1.29 is 14.0 Å². The summed E-state index contributed by atoms with van der Waals surface area (Å²) >= 11 is 0. The number of rotatable bonds is 6. The first-order valence-corrected chi connectivity index (χ1v) is 10.9. The number of carbonyl (C=O) groups excluding carboxylic acids is 2. The lowest BCUT2D eigenvalue weighted by molar-refractivity contribution is -0.126. The molecule has 0 spiro atoms. The van der Waals surface area contributed by atoms with Crippen molar-refractivity contribution in [3.05, 3.63) is 95.4 Å². The number of nitrogens with zero attached hydrogens (tertiary/aromatic N) is 1. The number of nitrogens with one attached hydrogen (secondary N) is 1. The minimum absolute atomic E-state index is 0.0104. The molecule has 1 saturated heterocycles. The van der Waals surface area contributed by atoms with E-state index in [4.69, 9.17) is 4.42 Å². The molecule has 0 aliphatic carbocycles. The third-order valence-electron chi connectivity index (χ3n) is 6.05. The van der Waals surface area contributed by atoms with E-state index in [1.807, 2.05) is 30.3 Å². The Morgan fingerprint density at radius 1 is 1.00 bits per heavy atom. The van der Waals surface area contributed by atoms with Crippen molar-refractivity contribution in [1.29, 1.82) is 0 Å². The van der Waals surface area contributed by atoms with E-state index in [0.717, 1.165) is 18.4 Å². The summed E-state index contributed by atoms with van der Waals surface area (Å²) in [5, 5.41) is 3.06. The van der Waals surface area contributed by atoms with E-state index in [1.54, 1.807) is 11.0 Å². The van der Waals surface area contributed by atoms with E-state index in [1.165, 1.54) is 23.7 Å². The van der Waals surface area contributed by atoms with Crippen LogP contribution in [0.1, 0.15) is 46.3 Å². The maximum Gasteiger partial charge on any atom is 0.257 e. The first kappa shape index (κ1) is 20.9. The Hall–Kier alpha value is -3.34. The van der Waals surface area contributed by atoms with Crippen LogP contribution >= 0.6 is 0 Å². The van der Waals surface area contributed by atoms with E-state index >= 15 is 0 Å². The van der Waals surface area contributed by atoms with Gasteiger partial charge in [0.25, 0.3) is 5.91 Å². The predicted octanol–water partition coefficient (Wildman–Crippen LogP) is 4.40. The summed E-state index contributed by atoms with van der Waals surface area (Å²) < 4.78 is 5.10. The zero-order valence-corrected chi connectivity index (χ0v) is 17.8. The molecule has 2 amide bonds. The van der Waals surface area contributed by atoms with Crippen molar-refractivity contribution in [2.75, 3.05) is 13.1 Å². The Balaban J connectivity index is 1.51. The second-order valence-corrected chi connectivity index (χ2v) is 8.15. The van der Waals surface area contributed by atoms with Gasteiger partial charge in [-0.2, -0.15) is 0 Å². The summed E-state index contributed by atoms with van der Waals surface area (Å²) in [6, 6.07) is 20.1. The van der Waals surface area contributed by atoms with Crippen LogP contribution < -0.4 is 5.32 Å². The number of furan rings is 1. The van der Waals surface area contributed by atoms with E-state index < -0.39 is 0 Å². The van der Waals surface area contributed by atoms with Gasteiger partial charge in [-0.3, -0.25) is 9.59 Å². The number of hydrogen-bond donors (Lipinski definition) is 1. The highest BCUT2D eigenvalue weighted by molar-refractivity contribution is 5.94. The lowest BCUT2D eigenvalue weighted by atomic mass is 9.83. The van der Waals surface area contributed by atoms with E-state index in [2.05, 4.69) is 36.5 Å². The van der Waals surface area contributed by atoms with Crippen molar-refractivity contribution in [3.63, 3.8) is 0 Å². The van der Waals surface area contributed by atoms with Gasteiger partial charge in [0.1, 0.15) is 6.26 Å². The van der Waals surface area contributed by atoms with Gasteiger partial charge in [0.05, 0.1) is 17.7 Å². The van der Waals surface area contributed by atoms with Crippen LogP contribution in [-0.2, 0) is 17.8 Å². The molecule has 2 aromatic carbocycles. The largest absolute Gasteiger partial charge is 0.472 e. The predicted molar refractivity (Wildman–Crippen MR) is 120 cm³/mol. The van der Waals surface area contributed by atoms with E-state index in [0.29, 0.717) is 25.2 Å². The molecule has 1 aliphatic heterocycles. The third kappa shape index (κ3) is 5.05. The van der Waals surface area contributed by atoms with Crippen molar-refractivity contribution in [2.45, 2.75) is 32.2 Å². The smallest absolute Gasteiger partial charge is 0.257 e. The van der Waals surface area contributed by atoms with Gasteiger partial charge >= 0.3 is 0 Å². The van der Waals surface area contributed by atoms with Gasteiger partial charge in [0.15, 0.2) is 0 Å². The average molecular weight is 417 g/mol. The normalized spacial score (nSPS) is 18.5. The topological polar surface area (TPSA) is 62.6 Å². The molecule has 5 nitrogen and oxygen atoms in total. The summed E-state index contributed by atoms with van der Waals surface area (Å²) in [5.74, 6) is -0.250. The summed E-state index contributed by atoms with van der Waals surface area (Å²) in [6.45, 7) is 3.63. The fourth-order valence-electron chi connectivity index (χ4n) is 4.22. The van der Waals surface area contributed by atoms with Gasteiger partial charge in [0.2, 0.25) is 5.91 Å². The van der Waals surface area contributed by atoms with Gasteiger partial charge in [0, 0.05) is 25.6 Å². The number of hydrogen-bond acceptors (Lipinski definition) is 3. The van der Waals surface area contributed by atoms with Crippen LogP contribution in [0.15, 0.2) is 77.6 Å². The summed E-state index contributed by atoms with van der Waals surface area (Å²) in [4.78, 5) is 27.8. The Labute approximate surface area is 183 Å². The summed E-state index contributed by atoms with van der Waals surface area (Å²) in [6.07, 6.45) is 4.68. The molecule has 2 atom stereocenters. The molecule has 0 unspecified atom stereocenters. The molecule has 1 N–H and O–H groups in total. The lowest BCUT2D eigenvalue weighted by Gasteiger charge is -2.37. The Morgan fingerprint density at radius 3 is 2.45 bits per heavy atom. The molecule has 4 rings (SSSR count). The van der Waals surface area contributed by atoms with Crippen LogP contribution in [0.25, 0.3) is 0 Å². The van der Waals surface area contributed by atoms with Crippen molar-refractivity contribution in [3.8, 4) is 0 Å². The average Bonchev–Trinajstić information content (AvgIpc) is 3.37. The first-order chi connectivity index (χ1) is 15.1. The maximum absolute atomic E-state index is 13.0. The molecule has 0 bridgehead atoms. The van der Waals surface area contributed by atoms with E-state index in [9.17, 15) is 9.59 Å². The molecule has 1 aromatic heterocycles. The Morgan fingerprint density at radius 2 is 1.77 bits per heavy atom. The molecule has 0 saturated carbocycles. The molecular formula is C26H28N2O3. The SMILES string of the molecule is CCc1ccc([C@H]2C[C@@H](C(=O)NCc3ccccc3)CN(C(=O)c3ccoc3)C2)cc1. The Kier molecular flexibility index (Phi) is 6.51. The van der Waals surface area contributed by atoms with Crippen LogP contribution in [0.4, 0.5) is 0 Å². The number of benzene rings is 2. The zero-order chi connectivity index (χ0) is 21.6. The first-order valence-electron chi connectivity index (χ1n) is 10.9. The second-order valence-electron chi connectivity index (χ2n) is 8.15. The molecule has 3 aromatic rings. The second kappa shape index (κ2) is 9.65. The minimum atomic E-state index is -0.260. The molecule has 5 heteroatoms. The standard InChI is InChI=1S/C26H28N2O3/c1-2-19-8-10-21(11-9-19)23-14-24(25(29)27-15-20-6-4-3-5-7-20)17-28(16-23)26(30)22-12-13-31-18-22/h3-13,18,23-24H,2,14-17H2,1H3,(H,27,29)/t23-,24+/m0/s1. The van der Waals surface area contributed by atoms with Crippen LogP contribution in [0.3, 0.4) is 0 Å². The quantitative estimate of drug-likeness (QED) is 0.648. The summed E-state index contributed by atoms with van der Waals surface area (Å²) in [7, 11) is 0. The number of amides is 2. The molecule has 1 fully saturated rings. The number of aryl methyl sites for hydroxylation is 1.